The third kappa shape index (κ3) is 2.88. The molecule has 0 radical (unpaired) electrons. The molecule has 0 unspecified atom stereocenters. The third-order valence-electron chi connectivity index (χ3n) is 2.53. The van der Waals surface area contributed by atoms with Crippen molar-refractivity contribution in [2.24, 2.45) is 0 Å². The van der Waals surface area contributed by atoms with E-state index in [0.29, 0.717) is 0 Å². The Kier molecular flexibility index (Phi) is 3.50. The summed E-state index contributed by atoms with van der Waals surface area (Å²) >= 11 is 0. The van der Waals surface area contributed by atoms with Gasteiger partial charge in [-0.1, -0.05) is 18.2 Å². The number of carbonyl (C=O) groups is 1. The zero-order valence-corrected chi connectivity index (χ0v) is 9.41. The van der Waals surface area contributed by atoms with E-state index in [4.69, 9.17) is 0 Å². The van der Waals surface area contributed by atoms with Gasteiger partial charge in [0.15, 0.2) is 6.61 Å². The van der Waals surface area contributed by atoms with Crippen LogP contribution in [-0.4, -0.2) is 25.2 Å². The van der Waals surface area contributed by atoms with E-state index in [2.05, 4.69) is 9.47 Å². The van der Waals surface area contributed by atoms with E-state index in [1.165, 1.54) is 18.2 Å². The van der Waals surface area contributed by atoms with Gasteiger partial charge in [-0.2, -0.15) is 8.78 Å². The summed E-state index contributed by atoms with van der Waals surface area (Å²) in [7, 11) is 0. The largest absolute Gasteiger partial charge is 0.443 e. The Bertz CT molecular complexity index is 481. The van der Waals surface area contributed by atoms with E-state index >= 15 is 0 Å². The van der Waals surface area contributed by atoms with Gasteiger partial charge in [-0.3, -0.25) is 0 Å². The standard InChI is InChI=1S/C11H9F4NO3/c12-9(13)19-7-4-2-1-3-6(7)8-11(14,15)5-18-10(17)16-8/h1-4,8-9H,5H2,(H,16,17)/t8-/m1/s1. The molecule has 0 saturated carbocycles. The monoisotopic (exact) mass is 279 g/mol. The van der Waals surface area contributed by atoms with Crippen LogP contribution < -0.4 is 10.1 Å². The van der Waals surface area contributed by atoms with Crippen LogP contribution in [0.1, 0.15) is 11.6 Å². The van der Waals surface area contributed by atoms with Gasteiger partial charge in [-0.05, 0) is 6.07 Å². The second-order valence-electron chi connectivity index (χ2n) is 3.83. The fourth-order valence-corrected chi connectivity index (χ4v) is 1.74. The number of para-hydroxylation sites is 1. The number of amides is 1. The third-order valence-corrected chi connectivity index (χ3v) is 2.53. The van der Waals surface area contributed by atoms with E-state index < -0.39 is 37.0 Å². The molecular formula is C11H9F4NO3. The molecule has 0 spiro atoms. The van der Waals surface area contributed by atoms with Crippen molar-refractivity contribution in [2.75, 3.05) is 6.61 Å². The molecule has 0 aliphatic carbocycles. The quantitative estimate of drug-likeness (QED) is 0.865. The van der Waals surface area contributed by atoms with Crippen molar-refractivity contribution in [1.82, 2.24) is 5.32 Å². The van der Waals surface area contributed by atoms with Gasteiger partial charge >= 0.3 is 18.6 Å². The van der Waals surface area contributed by atoms with Gasteiger partial charge in [-0.15, -0.1) is 0 Å². The molecule has 2 rings (SSSR count). The smallest absolute Gasteiger partial charge is 0.408 e. The SMILES string of the molecule is O=C1N[C@H](c2ccccc2OC(F)F)C(F)(F)CO1. The van der Waals surface area contributed by atoms with Crippen LogP contribution in [0, 0.1) is 0 Å². The van der Waals surface area contributed by atoms with Gasteiger partial charge in [0.2, 0.25) is 0 Å². The second-order valence-corrected chi connectivity index (χ2v) is 3.83. The molecule has 1 aliphatic rings. The number of benzene rings is 1. The summed E-state index contributed by atoms with van der Waals surface area (Å²) in [5, 5.41) is 1.90. The highest BCUT2D eigenvalue weighted by molar-refractivity contribution is 5.69. The number of cyclic esters (lactones) is 1. The minimum absolute atomic E-state index is 0.232. The first-order chi connectivity index (χ1) is 8.90. The first-order valence-electron chi connectivity index (χ1n) is 5.25. The predicted octanol–water partition coefficient (Wildman–Crippen LogP) is 2.70. The van der Waals surface area contributed by atoms with Crippen molar-refractivity contribution in [3.8, 4) is 5.75 Å². The molecule has 1 aliphatic heterocycles. The minimum Gasteiger partial charge on any atom is -0.443 e. The molecular weight excluding hydrogens is 270 g/mol. The lowest BCUT2D eigenvalue weighted by Gasteiger charge is -2.32. The average Bonchev–Trinajstić information content (AvgIpc) is 2.33. The molecule has 4 nitrogen and oxygen atoms in total. The van der Waals surface area contributed by atoms with Crippen molar-refractivity contribution in [3.63, 3.8) is 0 Å². The normalized spacial score (nSPS) is 21.7. The topological polar surface area (TPSA) is 47.6 Å². The fraction of sp³-hybridized carbons (Fsp3) is 0.364. The highest BCUT2D eigenvalue weighted by atomic mass is 19.3. The molecule has 1 atom stereocenters. The van der Waals surface area contributed by atoms with Crippen molar-refractivity contribution in [3.05, 3.63) is 29.8 Å². The van der Waals surface area contributed by atoms with Crippen LogP contribution in [0.15, 0.2) is 24.3 Å². The Morgan fingerprint density at radius 3 is 2.74 bits per heavy atom. The molecule has 1 saturated heterocycles. The number of ether oxygens (including phenoxy) is 2. The highest BCUT2D eigenvalue weighted by Crippen LogP contribution is 2.38. The van der Waals surface area contributed by atoms with E-state index in [-0.39, 0.29) is 5.56 Å². The Morgan fingerprint density at radius 1 is 1.37 bits per heavy atom. The summed E-state index contributed by atoms with van der Waals surface area (Å²) in [5.74, 6) is -3.83. The van der Waals surface area contributed by atoms with Crippen molar-refractivity contribution < 1.29 is 31.8 Å². The molecule has 1 aromatic rings. The molecule has 1 amide bonds. The van der Waals surface area contributed by atoms with Gasteiger partial charge in [0.25, 0.3) is 0 Å². The number of halogens is 4. The zero-order valence-electron chi connectivity index (χ0n) is 9.41. The lowest BCUT2D eigenvalue weighted by molar-refractivity contribution is -0.106. The summed E-state index contributed by atoms with van der Waals surface area (Å²) in [6.45, 7) is -4.27. The zero-order chi connectivity index (χ0) is 14.0. The van der Waals surface area contributed by atoms with Crippen LogP contribution >= 0.6 is 0 Å². The van der Waals surface area contributed by atoms with E-state index in [9.17, 15) is 22.4 Å². The van der Waals surface area contributed by atoms with Gasteiger partial charge in [0.1, 0.15) is 11.8 Å². The highest BCUT2D eigenvalue weighted by Gasteiger charge is 2.47. The fourth-order valence-electron chi connectivity index (χ4n) is 1.74. The maximum absolute atomic E-state index is 13.7. The van der Waals surface area contributed by atoms with Gasteiger partial charge < -0.3 is 14.8 Å². The number of hydrogen-bond acceptors (Lipinski definition) is 3. The Balaban J connectivity index is 2.36. The molecule has 0 bridgehead atoms. The van der Waals surface area contributed by atoms with E-state index in [0.717, 1.165) is 6.07 Å². The van der Waals surface area contributed by atoms with Crippen LogP contribution in [0.4, 0.5) is 22.4 Å². The van der Waals surface area contributed by atoms with Crippen LogP contribution in [0.5, 0.6) is 5.75 Å². The maximum Gasteiger partial charge on any atom is 0.408 e. The number of carbonyl (C=O) groups excluding carboxylic acids is 1. The van der Waals surface area contributed by atoms with E-state index in [1.807, 2.05) is 5.32 Å². The van der Waals surface area contributed by atoms with Crippen LogP contribution in [0.2, 0.25) is 0 Å². The molecule has 1 aromatic carbocycles. The first kappa shape index (κ1) is 13.4. The number of alkyl halides is 4. The van der Waals surface area contributed by atoms with Crippen LogP contribution in [0.3, 0.4) is 0 Å². The van der Waals surface area contributed by atoms with Gasteiger partial charge in [0, 0.05) is 5.56 Å². The molecule has 1 N–H and O–H groups in total. The predicted molar refractivity (Wildman–Crippen MR) is 55.2 cm³/mol. The minimum atomic E-state index is -3.42. The maximum atomic E-state index is 13.7. The second kappa shape index (κ2) is 4.94. The summed E-state index contributed by atoms with van der Waals surface area (Å²) in [4.78, 5) is 11.0. The number of nitrogens with one attached hydrogen (secondary N) is 1. The van der Waals surface area contributed by atoms with E-state index in [1.54, 1.807) is 0 Å². The summed E-state index contributed by atoms with van der Waals surface area (Å²) in [6.07, 6.45) is -1.04. The van der Waals surface area contributed by atoms with Crippen LogP contribution in [0.25, 0.3) is 0 Å². The molecule has 1 fully saturated rings. The summed E-state index contributed by atoms with van der Waals surface area (Å²) < 4.78 is 60.1. The Hall–Kier alpha value is -1.99. The van der Waals surface area contributed by atoms with Gasteiger partial charge in [-0.25, -0.2) is 13.6 Å². The van der Waals surface area contributed by atoms with Crippen molar-refractivity contribution in [1.29, 1.82) is 0 Å². The average molecular weight is 279 g/mol. The number of alkyl carbamates (subject to hydrolysis) is 1. The summed E-state index contributed by atoms with van der Waals surface area (Å²) in [6, 6.07) is 3.27. The van der Waals surface area contributed by atoms with Gasteiger partial charge in [0.05, 0.1) is 0 Å². The number of hydrogen-bond donors (Lipinski definition) is 1. The molecule has 19 heavy (non-hydrogen) atoms. The lowest BCUT2D eigenvalue weighted by atomic mass is 9.99. The van der Waals surface area contributed by atoms with Crippen molar-refractivity contribution >= 4 is 6.09 Å². The van der Waals surface area contributed by atoms with Crippen molar-refractivity contribution in [2.45, 2.75) is 18.6 Å². The first-order valence-corrected chi connectivity index (χ1v) is 5.25. The lowest BCUT2D eigenvalue weighted by Crippen LogP contribution is -2.49. The number of rotatable bonds is 3. The van der Waals surface area contributed by atoms with Crippen LogP contribution in [-0.2, 0) is 4.74 Å². The molecule has 1 heterocycles. The Labute approximate surface area is 105 Å². The molecule has 0 aromatic heterocycles. The summed E-state index contributed by atoms with van der Waals surface area (Å²) in [5.41, 5.74) is -0.232. The molecule has 104 valence electrons. The Morgan fingerprint density at radius 2 is 2.05 bits per heavy atom. The molecule has 8 heteroatoms.